The zero-order valence-corrected chi connectivity index (χ0v) is 12.6. The molecule has 0 aromatic heterocycles. The van der Waals surface area contributed by atoms with Crippen molar-refractivity contribution in [1.82, 2.24) is 0 Å². The van der Waals surface area contributed by atoms with Crippen LogP contribution in [0.1, 0.15) is 16.7 Å². The van der Waals surface area contributed by atoms with Gasteiger partial charge in [-0.1, -0.05) is 84.9 Å². The maximum absolute atomic E-state index is 11.2. The zero-order valence-electron chi connectivity index (χ0n) is 12.6. The van der Waals surface area contributed by atoms with Gasteiger partial charge in [0.15, 0.2) is 0 Å². The number of hydrogen-bond donors (Lipinski definition) is 1. The average Bonchev–Trinajstić information content (AvgIpc) is 2.64. The minimum atomic E-state index is -0.725. The van der Waals surface area contributed by atoms with Crippen molar-refractivity contribution in [2.45, 2.75) is 5.54 Å². The van der Waals surface area contributed by atoms with Gasteiger partial charge in [0, 0.05) is 5.56 Å². The number of rotatable bonds is 2. The third kappa shape index (κ3) is 2.07. The van der Waals surface area contributed by atoms with Crippen LogP contribution in [0, 0.1) is 0 Å². The molecule has 1 aliphatic heterocycles. The second-order valence-electron chi connectivity index (χ2n) is 5.70. The lowest BCUT2D eigenvalue weighted by Crippen LogP contribution is -2.45. The summed E-state index contributed by atoms with van der Waals surface area (Å²) in [6.45, 7) is 0. The van der Waals surface area contributed by atoms with Gasteiger partial charge in [0.2, 0.25) is 0 Å². The van der Waals surface area contributed by atoms with Gasteiger partial charge < -0.3 is 0 Å². The van der Waals surface area contributed by atoms with Crippen molar-refractivity contribution >= 4 is 11.8 Å². The Bertz CT molecular complexity index is 800. The smallest absolute Gasteiger partial charge is 0.135 e. The first-order chi connectivity index (χ1) is 11.3. The first-order valence-corrected chi connectivity index (χ1v) is 7.71. The van der Waals surface area contributed by atoms with Crippen LogP contribution >= 0.6 is 0 Å². The quantitative estimate of drug-likeness (QED) is 0.731. The van der Waals surface area contributed by atoms with Crippen LogP contribution in [0.5, 0.6) is 0 Å². The highest BCUT2D eigenvalue weighted by Crippen LogP contribution is 2.44. The molecule has 1 heterocycles. The molecule has 0 radical (unpaired) electrons. The minimum Gasteiger partial charge on any atom is -0.287 e. The Kier molecular flexibility index (Phi) is 3.25. The van der Waals surface area contributed by atoms with Gasteiger partial charge in [-0.3, -0.25) is 5.21 Å². The van der Waals surface area contributed by atoms with Crippen molar-refractivity contribution in [3.8, 4) is 0 Å². The highest BCUT2D eigenvalue weighted by Gasteiger charge is 2.40. The zero-order chi connectivity index (χ0) is 15.7. The van der Waals surface area contributed by atoms with Gasteiger partial charge in [-0.25, -0.2) is 5.06 Å². The molecule has 0 fully saturated rings. The number of hydrogen-bond acceptors (Lipinski definition) is 2. The van der Waals surface area contributed by atoms with Gasteiger partial charge in [0.25, 0.3) is 0 Å². The fraction of sp³-hybridized carbons (Fsp3) is 0.0476. The SMILES string of the molecule is ON1c2ccccc2C=CC1(c1ccccc1)c1ccccc1. The molecule has 0 bridgehead atoms. The van der Waals surface area contributed by atoms with Crippen LogP contribution in [0.3, 0.4) is 0 Å². The summed E-state index contributed by atoms with van der Waals surface area (Å²) in [6.07, 6.45) is 4.15. The third-order valence-electron chi connectivity index (χ3n) is 4.43. The summed E-state index contributed by atoms with van der Waals surface area (Å²) in [4.78, 5) is 0. The molecule has 4 rings (SSSR count). The Labute approximate surface area is 135 Å². The molecule has 23 heavy (non-hydrogen) atoms. The molecule has 0 amide bonds. The molecule has 2 heteroatoms. The predicted molar refractivity (Wildman–Crippen MR) is 93.4 cm³/mol. The normalized spacial score (nSPS) is 15.3. The van der Waals surface area contributed by atoms with Gasteiger partial charge in [-0.05, 0) is 23.3 Å². The lowest BCUT2D eigenvalue weighted by molar-refractivity contribution is 0.196. The first-order valence-electron chi connectivity index (χ1n) is 7.71. The second kappa shape index (κ2) is 5.41. The van der Waals surface area contributed by atoms with Gasteiger partial charge in [-0.15, -0.1) is 0 Å². The summed E-state index contributed by atoms with van der Waals surface area (Å²) in [7, 11) is 0. The van der Waals surface area contributed by atoms with Crippen molar-refractivity contribution < 1.29 is 5.21 Å². The lowest BCUT2D eigenvalue weighted by atomic mass is 9.79. The molecule has 0 saturated heterocycles. The topological polar surface area (TPSA) is 23.5 Å². The van der Waals surface area contributed by atoms with E-state index in [1.165, 1.54) is 5.06 Å². The molecule has 0 unspecified atom stereocenters. The van der Waals surface area contributed by atoms with E-state index in [9.17, 15) is 5.21 Å². The number of nitrogens with zero attached hydrogens (tertiary/aromatic N) is 1. The van der Waals surface area contributed by atoms with Crippen LogP contribution in [0.25, 0.3) is 6.08 Å². The Balaban J connectivity index is 1.99. The van der Waals surface area contributed by atoms with Crippen LogP contribution < -0.4 is 5.06 Å². The maximum atomic E-state index is 11.2. The molecule has 3 aromatic rings. The predicted octanol–water partition coefficient (Wildman–Crippen LogP) is 4.85. The summed E-state index contributed by atoms with van der Waals surface area (Å²) >= 11 is 0. The highest BCUT2D eigenvalue weighted by molar-refractivity contribution is 5.75. The molecule has 1 aliphatic rings. The Morgan fingerprint density at radius 3 is 1.78 bits per heavy atom. The molecular weight excluding hydrogens is 282 g/mol. The van der Waals surface area contributed by atoms with Crippen LogP contribution in [0.15, 0.2) is 91.0 Å². The van der Waals surface area contributed by atoms with Crippen LogP contribution in [-0.2, 0) is 5.54 Å². The van der Waals surface area contributed by atoms with Crippen molar-refractivity contribution in [1.29, 1.82) is 0 Å². The summed E-state index contributed by atoms with van der Waals surface area (Å²) in [6, 6.07) is 28.1. The third-order valence-corrected chi connectivity index (χ3v) is 4.43. The molecule has 3 aromatic carbocycles. The summed E-state index contributed by atoms with van der Waals surface area (Å²) in [5, 5.41) is 12.5. The second-order valence-corrected chi connectivity index (χ2v) is 5.70. The molecule has 0 saturated carbocycles. The van der Waals surface area contributed by atoms with Gasteiger partial charge in [-0.2, -0.15) is 0 Å². The number of para-hydroxylation sites is 1. The first kappa shape index (κ1) is 13.8. The van der Waals surface area contributed by atoms with E-state index in [-0.39, 0.29) is 0 Å². The van der Waals surface area contributed by atoms with Crippen LogP contribution in [0.2, 0.25) is 0 Å². The largest absolute Gasteiger partial charge is 0.287 e. The van der Waals surface area contributed by atoms with Crippen LogP contribution in [0.4, 0.5) is 5.69 Å². The average molecular weight is 299 g/mol. The summed E-state index contributed by atoms with van der Waals surface area (Å²) in [5.41, 5.74) is 3.15. The summed E-state index contributed by atoms with van der Waals surface area (Å²) < 4.78 is 0. The van der Waals surface area contributed by atoms with Gasteiger partial charge >= 0.3 is 0 Å². The Morgan fingerprint density at radius 2 is 1.17 bits per heavy atom. The monoisotopic (exact) mass is 299 g/mol. The van der Waals surface area contributed by atoms with E-state index in [0.717, 1.165) is 22.4 Å². The van der Waals surface area contributed by atoms with E-state index in [1.807, 2.05) is 60.7 Å². The fourth-order valence-electron chi connectivity index (χ4n) is 3.28. The Morgan fingerprint density at radius 1 is 0.652 bits per heavy atom. The number of hydroxylamine groups is 1. The van der Waals surface area contributed by atoms with E-state index >= 15 is 0 Å². The Hall–Kier alpha value is -2.84. The lowest BCUT2D eigenvalue weighted by Gasteiger charge is -2.42. The van der Waals surface area contributed by atoms with Gasteiger partial charge in [0.05, 0.1) is 5.69 Å². The van der Waals surface area contributed by atoms with E-state index in [1.54, 1.807) is 0 Å². The van der Waals surface area contributed by atoms with Crippen molar-refractivity contribution in [3.63, 3.8) is 0 Å². The van der Waals surface area contributed by atoms with E-state index in [2.05, 4.69) is 36.4 Å². The molecule has 1 N–H and O–H groups in total. The molecule has 0 spiro atoms. The van der Waals surface area contributed by atoms with Crippen molar-refractivity contribution in [3.05, 3.63) is 108 Å². The summed E-state index contributed by atoms with van der Waals surface area (Å²) in [5.74, 6) is 0. The van der Waals surface area contributed by atoms with Crippen LogP contribution in [-0.4, -0.2) is 5.21 Å². The minimum absolute atomic E-state index is 0.725. The molecule has 2 nitrogen and oxygen atoms in total. The molecule has 0 atom stereocenters. The van der Waals surface area contributed by atoms with Crippen molar-refractivity contribution in [2.24, 2.45) is 0 Å². The molecular formula is C21H17NO. The van der Waals surface area contributed by atoms with E-state index in [4.69, 9.17) is 0 Å². The van der Waals surface area contributed by atoms with Crippen molar-refractivity contribution in [2.75, 3.05) is 5.06 Å². The molecule has 0 aliphatic carbocycles. The highest BCUT2D eigenvalue weighted by atomic mass is 16.5. The number of fused-ring (bicyclic) bond motifs is 1. The number of benzene rings is 3. The van der Waals surface area contributed by atoms with E-state index < -0.39 is 5.54 Å². The standard InChI is InChI=1S/C21H17NO/c23-22-20-14-8-7-9-17(20)15-16-21(22,18-10-3-1-4-11-18)19-12-5-2-6-13-19/h1-16,23H. The molecule has 112 valence electrons. The number of anilines is 1. The van der Waals surface area contributed by atoms with E-state index in [0.29, 0.717) is 0 Å². The fourth-order valence-corrected chi connectivity index (χ4v) is 3.28. The maximum Gasteiger partial charge on any atom is 0.135 e. The van der Waals surface area contributed by atoms with Gasteiger partial charge in [0.1, 0.15) is 5.54 Å².